The third-order valence-corrected chi connectivity index (χ3v) is 3.49. The summed E-state index contributed by atoms with van der Waals surface area (Å²) in [6, 6.07) is 14.8. The fraction of sp³-hybridized carbons (Fsp3) is 0.333. The van der Waals surface area contributed by atoms with Crippen molar-refractivity contribution < 1.29 is 9.53 Å². The van der Waals surface area contributed by atoms with E-state index in [0.717, 1.165) is 12.0 Å². The lowest BCUT2D eigenvalue weighted by atomic mass is 10.1. The Labute approximate surface area is 135 Å². The normalized spacial score (nSPS) is 11.9. The average Bonchev–Trinajstić information content (AvgIpc) is 2.57. The minimum absolute atomic E-state index is 0.0368. The summed E-state index contributed by atoms with van der Waals surface area (Å²) in [5, 5.41) is 2.79. The maximum Gasteiger partial charge on any atom is 0.250 e. The molecule has 0 spiro atoms. The summed E-state index contributed by atoms with van der Waals surface area (Å²) in [4.78, 5) is 23.3. The van der Waals surface area contributed by atoms with Gasteiger partial charge in [0.05, 0.1) is 6.10 Å². The average molecular weight is 314 g/mol. The van der Waals surface area contributed by atoms with Crippen molar-refractivity contribution in [3.05, 3.63) is 70.6 Å². The fourth-order valence-electron chi connectivity index (χ4n) is 2.18. The van der Waals surface area contributed by atoms with Crippen molar-refractivity contribution in [1.29, 1.82) is 0 Å². The second kappa shape index (κ2) is 8.90. The molecule has 0 saturated heterocycles. The number of nitrogens with zero attached hydrogens (tertiary/aromatic N) is 1. The Balaban J connectivity index is 1.63. The summed E-state index contributed by atoms with van der Waals surface area (Å²) in [5.41, 5.74) is 0.961. The second-order valence-corrected chi connectivity index (χ2v) is 5.29. The summed E-state index contributed by atoms with van der Waals surface area (Å²) in [6.07, 6.45) is 2.37. The summed E-state index contributed by atoms with van der Waals surface area (Å²) in [6.45, 7) is 3.15. The minimum Gasteiger partial charge on any atom is -0.374 e. The van der Waals surface area contributed by atoms with Crippen LogP contribution in [0.3, 0.4) is 0 Å². The zero-order valence-corrected chi connectivity index (χ0v) is 13.3. The van der Waals surface area contributed by atoms with Gasteiger partial charge in [0.25, 0.3) is 5.56 Å². The van der Waals surface area contributed by atoms with Crippen molar-refractivity contribution in [3.63, 3.8) is 0 Å². The topological polar surface area (TPSA) is 60.3 Å². The Kier molecular flexibility index (Phi) is 6.56. The van der Waals surface area contributed by atoms with Gasteiger partial charge >= 0.3 is 0 Å². The lowest BCUT2D eigenvalue weighted by Gasteiger charge is -2.13. The summed E-state index contributed by atoms with van der Waals surface area (Å²) in [5.74, 6) is -0.172. The molecule has 5 nitrogen and oxygen atoms in total. The van der Waals surface area contributed by atoms with Gasteiger partial charge in [0.15, 0.2) is 0 Å². The van der Waals surface area contributed by atoms with E-state index < -0.39 is 0 Å². The Morgan fingerprint density at radius 2 is 1.91 bits per heavy atom. The molecule has 5 heteroatoms. The number of ether oxygens (including phenoxy) is 1. The predicted molar refractivity (Wildman–Crippen MR) is 89.1 cm³/mol. The van der Waals surface area contributed by atoms with Gasteiger partial charge in [-0.2, -0.15) is 0 Å². The van der Waals surface area contributed by atoms with Crippen molar-refractivity contribution in [3.8, 4) is 0 Å². The van der Waals surface area contributed by atoms with E-state index in [-0.39, 0.29) is 24.1 Å². The van der Waals surface area contributed by atoms with Crippen LogP contribution in [0.5, 0.6) is 0 Å². The molecule has 0 aliphatic rings. The van der Waals surface area contributed by atoms with Gasteiger partial charge in [-0.15, -0.1) is 0 Å². The van der Waals surface area contributed by atoms with Crippen molar-refractivity contribution in [2.24, 2.45) is 0 Å². The highest BCUT2D eigenvalue weighted by Gasteiger charge is 2.05. The Morgan fingerprint density at radius 1 is 1.17 bits per heavy atom. The van der Waals surface area contributed by atoms with Crippen LogP contribution in [-0.4, -0.2) is 23.6 Å². The molecule has 1 heterocycles. The predicted octanol–water partition coefficient (Wildman–Crippen LogP) is 2.13. The lowest BCUT2D eigenvalue weighted by molar-refractivity contribution is -0.121. The van der Waals surface area contributed by atoms with E-state index in [1.165, 1.54) is 10.6 Å². The Morgan fingerprint density at radius 3 is 2.65 bits per heavy atom. The van der Waals surface area contributed by atoms with Crippen LogP contribution in [0.1, 0.15) is 25.0 Å². The third-order valence-electron chi connectivity index (χ3n) is 3.49. The van der Waals surface area contributed by atoms with Crippen LogP contribution in [0.2, 0.25) is 0 Å². The second-order valence-electron chi connectivity index (χ2n) is 5.29. The monoisotopic (exact) mass is 314 g/mol. The molecule has 0 saturated carbocycles. The molecule has 2 aromatic rings. The van der Waals surface area contributed by atoms with Crippen molar-refractivity contribution >= 4 is 5.91 Å². The van der Waals surface area contributed by atoms with Crippen LogP contribution in [0.4, 0.5) is 0 Å². The number of nitrogens with one attached hydrogen (secondary N) is 1. The number of benzene rings is 1. The molecule has 1 aromatic carbocycles. The largest absolute Gasteiger partial charge is 0.374 e. The number of rotatable bonds is 8. The van der Waals surface area contributed by atoms with Crippen molar-refractivity contribution in [1.82, 2.24) is 9.88 Å². The van der Waals surface area contributed by atoms with Gasteiger partial charge in [0.1, 0.15) is 6.54 Å². The molecule has 1 unspecified atom stereocenters. The standard InChI is InChI=1S/C18H22N2O3/c1-15(16-8-3-2-4-9-16)23-13-7-11-19-17(21)14-20-12-6-5-10-18(20)22/h2-6,8-10,12,15H,7,11,13-14H2,1H3,(H,19,21). The van der Waals surface area contributed by atoms with E-state index in [1.54, 1.807) is 18.3 Å². The molecule has 0 radical (unpaired) electrons. The van der Waals surface area contributed by atoms with Gasteiger partial charge in [-0.25, -0.2) is 0 Å². The van der Waals surface area contributed by atoms with E-state index in [4.69, 9.17) is 4.74 Å². The highest BCUT2D eigenvalue weighted by Crippen LogP contribution is 2.15. The van der Waals surface area contributed by atoms with Gasteiger partial charge in [-0.1, -0.05) is 36.4 Å². The van der Waals surface area contributed by atoms with Crippen LogP contribution < -0.4 is 10.9 Å². The smallest absolute Gasteiger partial charge is 0.250 e. The first kappa shape index (κ1) is 17.0. The first-order chi connectivity index (χ1) is 11.2. The van der Waals surface area contributed by atoms with Crippen molar-refractivity contribution in [2.75, 3.05) is 13.2 Å². The maximum atomic E-state index is 11.8. The number of aromatic nitrogens is 1. The van der Waals surface area contributed by atoms with Gasteiger partial charge in [-0.3, -0.25) is 9.59 Å². The molecule has 0 bridgehead atoms. The third kappa shape index (κ3) is 5.71. The molecule has 2 rings (SSSR count). The molecule has 1 aromatic heterocycles. The number of hydrogen-bond acceptors (Lipinski definition) is 3. The Hall–Kier alpha value is -2.40. The molecular formula is C18H22N2O3. The first-order valence-electron chi connectivity index (χ1n) is 7.75. The SMILES string of the molecule is CC(OCCCNC(=O)Cn1ccccc1=O)c1ccccc1. The molecule has 1 atom stereocenters. The quantitative estimate of drug-likeness (QED) is 0.759. The highest BCUT2D eigenvalue weighted by molar-refractivity contribution is 5.75. The first-order valence-corrected chi connectivity index (χ1v) is 7.75. The highest BCUT2D eigenvalue weighted by atomic mass is 16.5. The molecule has 23 heavy (non-hydrogen) atoms. The number of pyridine rings is 1. The van der Waals surface area contributed by atoms with Gasteiger partial charge < -0.3 is 14.6 Å². The number of amides is 1. The van der Waals surface area contributed by atoms with Crippen LogP contribution >= 0.6 is 0 Å². The minimum atomic E-state index is -0.178. The van der Waals surface area contributed by atoms with Gasteiger partial charge in [0, 0.05) is 25.4 Å². The van der Waals surface area contributed by atoms with Gasteiger partial charge in [-0.05, 0) is 25.0 Å². The molecule has 0 aliphatic heterocycles. The molecule has 0 aliphatic carbocycles. The van der Waals surface area contributed by atoms with Crippen LogP contribution in [0.25, 0.3) is 0 Å². The summed E-state index contributed by atoms with van der Waals surface area (Å²) in [7, 11) is 0. The number of carbonyl (C=O) groups is 1. The molecule has 122 valence electrons. The maximum absolute atomic E-state index is 11.8. The van der Waals surface area contributed by atoms with Crippen LogP contribution in [0.15, 0.2) is 59.5 Å². The van der Waals surface area contributed by atoms with E-state index in [1.807, 2.05) is 37.3 Å². The Bertz CT molecular complexity index is 667. The van der Waals surface area contributed by atoms with Gasteiger partial charge in [0.2, 0.25) is 5.91 Å². The number of hydrogen-bond donors (Lipinski definition) is 1. The zero-order valence-electron chi connectivity index (χ0n) is 13.3. The molecule has 1 amide bonds. The van der Waals surface area contributed by atoms with Crippen LogP contribution in [0, 0.1) is 0 Å². The molecular weight excluding hydrogens is 292 g/mol. The zero-order chi connectivity index (χ0) is 16.5. The summed E-state index contributed by atoms with van der Waals surface area (Å²) >= 11 is 0. The van der Waals surface area contributed by atoms with E-state index in [0.29, 0.717) is 13.2 Å². The van der Waals surface area contributed by atoms with E-state index in [9.17, 15) is 9.59 Å². The van der Waals surface area contributed by atoms with Crippen molar-refractivity contribution in [2.45, 2.75) is 26.0 Å². The molecule has 1 N–H and O–H groups in total. The van der Waals surface area contributed by atoms with E-state index >= 15 is 0 Å². The fourth-order valence-corrected chi connectivity index (χ4v) is 2.18. The summed E-state index contributed by atoms with van der Waals surface area (Å²) < 4.78 is 7.12. The lowest BCUT2D eigenvalue weighted by Crippen LogP contribution is -2.32. The van der Waals surface area contributed by atoms with Crippen LogP contribution in [-0.2, 0) is 16.1 Å². The van der Waals surface area contributed by atoms with E-state index in [2.05, 4.69) is 5.32 Å². The number of carbonyl (C=O) groups excluding carboxylic acids is 1. The molecule has 0 fully saturated rings.